The Kier molecular flexibility index (Phi) is 1.92. The van der Waals surface area contributed by atoms with E-state index in [9.17, 15) is 4.79 Å². The van der Waals surface area contributed by atoms with E-state index in [4.69, 9.17) is 5.11 Å². The zero-order valence-electron chi connectivity index (χ0n) is 7.03. The number of H-pyrrole nitrogens is 1. The van der Waals surface area contributed by atoms with Crippen molar-refractivity contribution in [3.05, 3.63) is 18.2 Å². The third kappa shape index (κ3) is 1.63. The quantitative estimate of drug-likeness (QED) is 0.634. The lowest BCUT2D eigenvalue weighted by Gasteiger charge is -2.33. The SMILES string of the molecule is O=C(O)NC1CC(c2ncc[nH]2)C1. The van der Waals surface area contributed by atoms with E-state index in [1.165, 1.54) is 0 Å². The van der Waals surface area contributed by atoms with Gasteiger partial charge in [-0.1, -0.05) is 0 Å². The van der Waals surface area contributed by atoms with Gasteiger partial charge in [-0.3, -0.25) is 0 Å². The maximum Gasteiger partial charge on any atom is 0.404 e. The topological polar surface area (TPSA) is 78.0 Å². The van der Waals surface area contributed by atoms with Gasteiger partial charge in [0.25, 0.3) is 0 Å². The number of carbonyl (C=O) groups is 1. The Bertz CT molecular complexity index is 290. The van der Waals surface area contributed by atoms with Crippen molar-refractivity contribution in [3.8, 4) is 0 Å². The summed E-state index contributed by atoms with van der Waals surface area (Å²) in [5.41, 5.74) is 0. The Labute approximate surface area is 75.2 Å². The van der Waals surface area contributed by atoms with Crippen molar-refractivity contribution in [1.82, 2.24) is 15.3 Å². The Morgan fingerprint density at radius 3 is 3.00 bits per heavy atom. The third-order valence-corrected chi connectivity index (χ3v) is 2.37. The largest absolute Gasteiger partial charge is 0.465 e. The molecule has 0 bridgehead atoms. The number of hydrogen-bond donors (Lipinski definition) is 3. The first-order chi connectivity index (χ1) is 6.25. The average Bonchev–Trinajstić information content (AvgIpc) is 2.46. The molecule has 0 aromatic carbocycles. The highest BCUT2D eigenvalue weighted by Gasteiger charge is 2.32. The fraction of sp³-hybridized carbons (Fsp3) is 0.500. The summed E-state index contributed by atoms with van der Waals surface area (Å²) >= 11 is 0. The number of rotatable bonds is 2. The predicted octanol–water partition coefficient (Wildman–Crippen LogP) is 0.923. The lowest BCUT2D eigenvalue weighted by molar-refractivity contribution is 0.177. The molecule has 13 heavy (non-hydrogen) atoms. The number of nitrogens with zero attached hydrogens (tertiary/aromatic N) is 1. The summed E-state index contributed by atoms with van der Waals surface area (Å²) in [7, 11) is 0. The number of amides is 1. The second-order valence-corrected chi connectivity index (χ2v) is 3.29. The molecule has 1 aromatic heterocycles. The summed E-state index contributed by atoms with van der Waals surface area (Å²) < 4.78 is 0. The standard InChI is InChI=1S/C8H11N3O2/c12-8(13)11-6-3-5(4-6)7-9-1-2-10-7/h1-2,5-6,11H,3-4H2,(H,9,10)(H,12,13). The van der Waals surface area contributed by atoms with Crippen LogP contribution in [0.2, 0.25) is 0 Å². The van der Waals surface area contributed by atoms with Crippen LogP contribution in [0.25, 0.3) is 0 Å². The number of imidazole rings is 1. The maximum atomic E-state index is 10.3. The molecule has 0 atom stereocenters. The second kappa shape index (κ2) is 3.08. The minimum Gasteiger partial charge on any atom is -0.465 e. The van der Waals surface area contributed by atoms with Crippen molar-refractivity contribution in [2.45, 2.75) is 24.8 Å². The molecule has 0 spiro atoms. The average molecular weight is 181 g/mol. The number of aromatic nitrogens is 2. The lowest BCUT2D eigenvalue weighted by Crippen LogP contribution is -2.42. The summed E-state index contributed by atoms with van der Waals surface area (Å²) in [6.45, 7) is 0. The van der Waals surface area contributed by atoms with Crippen LogP contribution in [0.15, 0.2) is 12.4 Å². The van der Waals surface area contributed by atoms with Crippen molar-refractivity contribution < 1.29 is 9.90 Å². The van der Waals surface area contributed by atoms with Gasteiger partial charge in [-0.05, 0) is 12.8 Å². The molecule has 1 amide bonds. The van der Waals surface area contributed by atoms with Gasteiger partial charge in [-0.2, -0.15) is 0 Å². The summed E-state index contributed by atoms with van der Waals surface area (Å²) in [4.78, 5) is 17.4. The van der Waals surface area contributed by atoms with Gasteiger partial charge in [-0.15, -0.1) is 0 Å². The summed E-state index contributed by atoms with van der Waals surface area (Å²) in [5.74, 6) is 1.36. The predicted molar refractivity (Wildman–Crippen MR) is 45.5 cm³/mol. The van der Waals surface area contributed by atoms with E-state index in [0.717, 1.165) is 18.7 Å². The normalized spacial score (nSPS) is 26.5. The molecule has 1 fully saturated rings. The smallest absolute Gasteiger partial charge is 0.404 e. The third-order valence-electron chi connectivity index (χ3n) is 2.37. The van der Waals surface area contributed by atoms with E-state index in [-0.39, 0.29) is 6.04 Å². The van der Waals surface area contributed by atoms with Crippen LogP contribution in [-0.2, 0) is 0 Å². The maximum absolute atomic E-state index is 10.3. The molecule has 1 heterocycles. The van der Waals surface area contributed by atoms with E-state index >= 15 is 0 Å². The second-order valence-electron chi connectivity index (χ2n) is 3.29. The van der Waals surface area contributed by atoms with Gasteiger partial charge in [0.05, 0.1) is 0 Å². The molecule has 0 radical (unpaired) electrons. The van der Waals surface area contributed by atoms with E-state index in [0.29, 0.717) is 5.92 Å². The summed E-state index contributed by atoms with van der Waals surface area (Å²) in [6, 6.07) is 0.104. The van der Waals surface area contributed by atoms with Gasteiger partial charge < -0.3 is 15.4 Å². The van der Waals surface area contributed by atoms with Gasteiger partial charge >= 0.3 is 6.09 Å². The molecular weight excluding hydrogens is 170 g/mol. The number of hydrogen-bond acceptors (Lipinski definition) is 2. The Balaban J connectivity index is 1.82. The van der Waals surface area contributed by atoms with Crippen molar-refractivity contribution in [2.75, 3.05) is 0 Å². The highest BCUT2D eigenvalue weighted by Crippen LogP contribution is 2.34. The first kappa shape index (κ1) is 8.10. The fourth-order valence-electron chi connectivity index (χ4n) is 1.63. The Morgan fingerprint density at radius 1 is 1.69 bits per heavy atom. The molecule has 2 rings (SSSR count). The molecule has 0 aliphatic heterocycles. The monoisotopic (exact) mass is 181 g/mol. The van der Waals surface area contributed by atoms with Gasteiger partial charge in [0, 0.05) is 24.4 Å². The van der Waals surface area contributed by atoms with Gasteiger partial charge in [0.1, 0.15) is 5.82 Å². The van der Waals surface area contributed by atoms with Crippen LogP contribution in [-0.4, -0.2) is 27.2 Å². The highest BCUT2D eigenvalue weighted by atomic mass is 16.4. The molecule has 5 nitrogen and oxygen atoms in total. The highest BCUT2D eigenvalue weighted by molar-refractivity contribution is 5.65. The van der Waals surface area contributed by atoms with E-state index in [2.05, 4.69) is 15.3 Å². The van der Waals surface area contributed by atoms with Crippen LogP contribution in [0.4, 0.5) is 4.79 Å². The van der Waals surface area contributed by atoms with Crippen LogP contribution < -0.4 is 5.32 Å². The van der Waals surface area contributed by atoms with Crippen LogP contribution in [0.1, 0.15) is 24.6 Å². The number of carboxylic acid groups (broad SMARTS) is 1. The molecule has 1 saturated carbocycles. The first-order valence-corrected chi connectivity index (χ1v) is 4.24. The van der Waals surface area contributed by atoms with Crippen LogP contribution >= 0.6 is 0 Å². The van der Waals surface area contributed by atoms with Crippen molar-refractivity contribution >= 4 is 6.09 Å². The first-order valence-electron chi connectivity index (χ1n) is 4.24. The van der Waals surface area contributed by atoms with E-state index in [1.54, 1.807) is 12.4 Å². The zero-order valence-corrected chi connectivity index (χ0v) is 7.03. The number of aromatic amines is 1. The molecule has 70 valence electrons. The van der Waals surface area contributed by atoms with Gasteiger partial charge in [0.2, 0.25) is 0 Å². The Hall–Kier alpha value is -1.52. The summed E-state index contributed by atoms with van der Waals surface area (Å²) in [5, 5.41) is 10.9. The minimum absolute atomic E-state index is 0.104. The molecule has 0 saturated heterocycles. The van der Waals surface area contributed by atoms with Crippen molar-refractivity contribution in [3.63, 3.8) is 0 Å². The van der Waals surface area contributed by atoms with Crippen molar-refractivity contribution in [1.29, 1.82) is 0 Å². The lowest BCUT2D eigenvalue weighted by atomic mass is 9.80. The molecule has 5 heteroatoms. The van der Waals surface area contributed by atoms with Crippen molar-refractivity contribution in [2.24, 2.45) is 0 Å². The molecule has 0 unspecified atom stereocenters. The van der Waals surface area contributed by atoms with Crippen LogP contribution in [0.5, 0.6) is 0 Å². The van der Waals surface area contributed by atoms with Crippen LogP contribution in [0.3, 0.4) is 0 Å². The van der Waals surface area contributed by atoms with Gasteiger partial charge in [-0.25, -0.2) is 9.78 Å². The molecule has 1 aliphatic rings. The molecule has 1 aliphatic carbocycles. The molecule has 3 N–H and O–H groups in total. The summed E-state index contributed by atoms with van der Waals surface area (Å²) in [6.07, 6.45) is 4.25. The van der Waals surface area contributed by atoms with Crippen LogP contribution in [0, 0.1) is 0 Å². The molecular formula is C8H11N3O2. The van der Waals surface area contributed by atoms with E-state index < -0.39 is 6.09 Å². The Morgan fingerprint density at radius 2 is 2.46 bits per heavy atom. The fourth-order valence-corrected chi connectivity index (χ4v) is 1.63. The zero-order chi connectivity index (χ0) is 9.26. The number of nitrogens with one attached hydrogen (secondary N) is 2. The van der Waals surface area contributed by atoms with Gasteiger partial charge in [0.15, 0.2) is 0 Å². The van der Waals surface area contributed by atoms with E-state index in [1.807, 2.05) is 0 Å². The molecule has 1 aromatic rings. The minimum atomic E-state index is -0.942.